The third-order valence-corrected chi connectivity index (χ3v) is 2.71. The van der Waals surface area contributed by atoms with E-state index in [-0.39, 0.29) is 0 Å². The van der Waals surface area contributed by atoms with Crippen LogP contribution in [0.3, 0.4) is 0 Å². The number of hydrogen-bond donors (Lipinski definition) is 0. The molecule has 1 aromatic heterocycles. The van der Waals surface area contributed by atoms with E-state index in [9.17, 15) is 0 Å². The molecular formula is C9H15NS. The van der Waals surface area contributed by atoms with Crippen molar-refractivity contribution in [3.63, 3.8) is 0 Å². The van der Waals surface area contributed by atoms with Gasteiger partial charge in [0.1, 0.15) is 0 Å². The molecule has 0 fully saturated rings. The van der Waals surface area contributed by atoms with Crippen molar-refractivity contribution in [3.8, 4) is 0 Å². The van der Waals surface area contributed by atoms with Gasteiger partial charge in [0.15, 0.2) is 0 Å². The van der Waals surface area contributed by atoms with Crippen molar-refractivity contribution in [3.05, 3.63) is 17.5 Å². The Hall–Kier alpha value is -0.500. The normalized spacial score (nSPS) is 10.0. The summed E-state index contributed by atoms with van der Waals surface area (Å²) in [5, 5.41) is 3.50. The van der Waals surface area contributed by atoms with Crippen LogP contribution in [-0.4, -0.2) is 13.6 Å². The lowest BCUT2D eigenvalue weighted by atomic mass is 10.3. The van der Waals surface area contributed by atoms with Crippen LogP contribution in [0, 0.1) is 0 Å². The van der Waals surface area contributed by atoms with Crippen molar-refractivity contribution in [2.24, 2.45) is 0 Å². The molecule has 11 heavy (non-hydrogen) atoms. The summed E-state index contributed by atoms with van der Waals surface area (Å²) < 4.78 is 0. The Kier molecular flexibility index (Phi) is 3.43. The lowest BCUT2D eigenvalue weighted by molar-refractivity contribution is 0.770. The standard InChI is InChI=1S/C9H15NS/c1-3-4-7-10(2)9-6-5-8-11-9/h5-6,8H,3-4,7H2,1-2H3. The zero-order valence-electron chi connectivity index (χ0n) is 7.21. The van der Waals surface area contributed by atoms with Gasteiger partial charge in [-0.05, 0) is 23.9 Å². The van der Waals surface area contributed by atoms with Gasteiger partial charge in [0.25, 0.3) is 0 Å². The maximum absolute atomic E-state index is 2.31. The SMILES string of the molecule is CCCCN(C)c1cccs1. The largest absolute Gasteiger partial charge is 0.367 e. The molecule has 0 aliphatic heterocycles. The van der Waals surface area contributed by atoms with Crippen molar-refractivity contribution < 1.29 is 0 Å². The maximum atomic E-state index is 2.31. The molecule has 0 spiro atoms. The van der Waals surface area contributed by atoms with Gasteiger partial charge in [0, 0.05) is 13.6 Å². The van der Waals surface area contributed by atoms with Crippen molar-refractivity contribution in [1.82, 2.24) is 0 Å². The quantitative estimate of drug-likeness (QED) is 0.669. The monoisotopic (exact) mass is 169 g/mol. The molecule has 0 N–H and O–H groups in total. The molecule has 0 radical (unpaired) electrons. The lowest BCUT2D eigenvalue weighted by Crippen LogP contribution is -2.16. The number of hydrogen-bond acceptors (Lipinski definition) is 2. The summed E-state index contributed by atoms with van der Waals surface area (Å²) in [6.07, 6.45) is 2.56. The molecule has 1 heterocycles. The molecular weight excluding hydrogens is 154 g/mol. The molecule has 0 atom stereocenters. The van der Waals surface area contributed by atoms with Crippen molar-refractivity contribution in [2.45, 2.75) is 19.8 Å². The minimum atomic E-state index is 1.18. The van der Waals surface area contributed by atoms with Crippen LogP contribution < -0.4 is 4.90 Å². The summed E-state index contributed by atoms with van der Waals surface area (Å²) in [5.74, 6) is 0. The Morgan fingerprint density at radius 3 is 2.91 bits per heavy atom. The van der Waals surface area contributed by atoms with Gasteiger partial charge in [-0.2, -0.15) is 0 Å². The molecule has 62 valence electrons. The summed E-state index contributed by atoms with van der Waals surface area (Å²) in [4.78, 5) is 2.31. The van der Waals surface area contributed by atoms with Gasteiger partial charge in [0.05, 0.1) is 5.00 Å². The first-order chi connectivity index (χ1) is 5.34. The smallest absolute Gasteiger partial charge is 0.0905 e. The maximum Gasteiger partial charge on any atom is 0.0905 e. The van der Waals surface area contributed by atoms with Gasteiger partial charge in [0.2, 0.25) is 0 Å². The highest BCUT2D eigenvalue weighted by molar-refractivity contribution is 7.14. The molecule has 0 amide bonds. The Labute approximate surface area is 72.7 Å². The van der Waals surface area contributed by atoms with Crippen molar-refractivity contribution in [2.75, 3.05) is 18.5 Å². The van der Waals surface area contributed by atoms with E-state index in [2.05, 4.69) is 36.4 Å². The summed E-state index contributed by atoms with van der Waals surface area (Å²) >= 11 is 1.81. The predicted octanol–water partition coefficient (Wildman–Crippen LogP) is 2.98. The number of thiophene rings is 1. The predicted molar refractivity (Wildman–Crippen MR) is 52.5 cm³/mol. The Morgan fingerprint density at radius 1 is 1.55 bits per heavy atom. The molecule has 0 aromatic carbocycles. The van der Waals surface area contributed by atoms with Gasteiger partial charge in [-0.25, -0.2) is 0 Å². The summed E-state index contributed by atoms with van der Waals surface area (Å²) in [6, 6.07) is 4.27. The summed E-state index contributed by atoms with van der Waals surface area (Å²) in [6.45, 7) is 3.40. The van der Waals surface area contributed by atoms with E-state index in [1.165, 1.54) is 24.4 Å². The highest BCUT2D eigenvalue weighted by Gasteiger charge is 1.98. The summed E-state index contributed by atoms with van der Waals surface area (Å²) in [5.41, 5.74) is 0. The Balaban J connectivity index is 2.36. The first-order valence-electron chi connectivity index (χ1n) is 4.09. The van der Waals surface area contributed by atoms with Gasteiger partial charge < -0.3 is 4.90 Å². The Bertz CT molecular complexity index is 181. The van der Waals surface area contributed by atoms with E-state index < -0.39 is 0 Å². The van der Waals surface area contributed by atoms with E-state index in [0.717, 1.165) is 0 Å². The van der Waals surface area contributed by atoms with E-state index >= 15 is 0 Å². The molecule has 0 saturated carbocycles. The van der Waals surface area contributed by atoms with E-state index in [1.807, 2.05) is 11.3 Å². The van der Waals surface area contributed by atoms with Crippen LogP contribution in [0.15, 0.2) is 17.5 Å². The van der Waals surface area contributed by atoms with E-state index in [1.54, 1.807) is 0 Å². The van der Waals surface area contributed by atoms with Crippen molar-refractivity contribution in [1.29, 1.82) is 0 Å². The highest BCUT2D eigenvalue weighted by atomic mass is 32.1. The van der Waals surface area contributed by atoms with Crippen molar-refractivity contribution >= 4 is 16.3 Å². The van der Waals surface area contributed by atoms with Gasteiger partial charge >= 0.3 is 0 Å². The van der Waals surface area contributed by atoms with Gasteiger partial charge in [-0.15, -0.1) is 11.3 Å². The fourth-order valence-electron chi connectivity index (χ4n) is 0.993. The fraction of sp³-hybridized carbons (Fsp3) is 0.556. The van der Waals surface area contributed by atoms with Gasteiger partial charge in [-0.1, -0.05) is 13.3 Å². The molecule has 1 nitrogen and oxygen atoms in total. The third-order valence-electron chi connectivity index (χ3n) is 1.73. The second-order valence-corrected chi connectivity index (χ2v) is 3.65. The molecule has 1 aromatic rings. The fourth-order valence-corrected chi connectivity index (χ4v) is 1.72. The number of unbranched alkanes of at least 4 members (excludes halogenated alkanes) is 1. The molecule has 1 rings (SSSR count). The number of anilines is 1. The molecule has 2 heteroatoms. The van der Waals surface area contributed by atoms with E-state index in [0.29, 0.717) is 0 Å². The first kappa shape index (κ1) is 8.60. The second-order valence-electron chi connectivity index (χ2n) is 2.73. The molecule has 0 aliphatic rings. The number of nitrogens with zero attached hydrogens (tertiary/aromatic N) is 1. The second kappa shape index (κ2) is 4.39. The zero-order valence-corrected chi connectivity index (χ0v) is 8.03. The zero-order chi connectivity index (χ0) is 8.10. The Morgan fingerprint density at radius 2 is 2.36 bits per heavy atom. The van der Waals surface area contributed by atoms with Crippen LogP contribution in [0.5, 0.6) is 0 Å². The average molecular weight is 169 g/mol. The van der Waals surface area contributed by atoms with Crippen LogP contribution in [0.4, 0.5) is 5.00 Å². The molecule has 0 bridgehead atoms. The molecule has 0 unspecified atom stereocenters. The lowest BCUT2D eigenvalue weighted by Gasteiger charge is -2.15. The van der Waals surface area contributed by atoms with Crippen LogP contribution in [0.2, 0.25) is 0 Å². The van der Waals surface area contributed by atoms with Crippen LogP contribution in [0.1, 0.15) is 19.8 Å². The minimum Gasteiger partial charge on any atom is -0.367 e. The third kappa shape index (κ3) is 2.54. The van der Waals surface area contributed by atoms with Gasteiger partial charge in [-0.3, -0.25) is 0 Å². The highest BCUT2D eigenvalue weighted by Crippen LogP contribution is 2.19. The topological polar surface area (TPSA) is 3.24 Å². The van der Waals surface area contributed by atoms with Crippen LogP contribution in [-0.2, 0) is 0 Å². The molecule has 0 saturated heterocycles. The van der Waals surface area contributed by atoms with E-state index in [4.69, 9.17) is 0 Å². The number of rotatable bonds is 4. The molecule has 0 aliphatic carbocycles. The minimum absolute atomic E-state index is 1.18. The van der Waals surface area contributed by atoms with Crippen LogP contribution in [0.25, 0.3) is 0 Å². The average Bonchev–Trinajstić information content (AvgIpc) is 2.52. The summed E-state index contributed by atoms with van der Waals surface area (Å²) in [7, 11) is 2.15. The van der Waals surface area contributed by atoms with Crippen LogP contribution >= 0.6 is 11.3 Å². The first-order valence-corrected chi connectivity index (χ1v) is 4.97.